The van der Waals surface area contributed by atoms with Crippen LogP contribution in [0.4, 0.5) is 8.78 Å². The fourth-order valence-corrected chi connectivity index (χ4v) is 2.66. The van der Waals surface area contributed by atoms with Gasteiger partial charge in [0.1, 0.15) is 11.6 Å². The van der Waals surface area contributed by atoms with Gasteiger partial charge in [0.25, 0.3) is 0 Å². The number of rotatable bonds is 4. The summed E-state index contributed by atoms with van der Waals surface area (Å²) in [5, 5.41) is 19.7. The molecule has 1 aromatic rings. The Balaban J connectivity index is 1.87. The predicted molar refractivity (Wildman–Crippen MR) is 72.2 cm³/mol. The van der Waals surface area contributed by atoms with Crippen LogP contribution in [0.2, 0.25) is 0 Å². The van der Waals surface area contributed by atoms with E-state index in [4.69, 9.17) is 0 Å². The van der Waals surface area contributed by atoms with Gasteiger partial charge in [0.05, 0.1) is 12.2 Å². The molecule has 1 aliphatic heterocycles. The highest BCUT2D eigenvalue weighted by Crippen LogP contribution is 2.22. The smallest absolute Gasteiger partial charge is 0.126 e. The monoisotopic (exact) mass is 285 g/mol. The van der Waals surface area contributed by atoms with Gasteiger partial charge in [-0.3, -0.25) is 0 Å². The summed E-state index contributed by atoms with van der Waals surface area (Å²) in [6.45, 7) is 4.21. The van der Waals surface area contributed by atoms with Crippen molar-refractivity contribution in [2.75, 3.05) is 19.6 Å². The van der Waals surface area contributed by atoms with E-state index in [0.717, 1.165) is 37.7 Å². The van der Waals surface area contributed by atoms with Crippen LogP contribution in [0, 0.1) is 17.6 Å². The van der Waals surface area contributed by atoms with E-state index in [9.17, 15) is 19.0 Å². The van der Waals surface area contributed by atoms with Gasteiger partial charge in [-0.05, 0) is 36.5 Å². The number of aliphatic hydroxyl groups is 2. The average Bonchev–Trinajstić information content (AvgIpc) is 2.38. The highest BCUT2D eigenvalue weighted by molar-refractivity contribution is 5.20. The third-order valence-corrected chi connectivity index (χ3v) is 3.93. The number of halogens is 2. The van der Waals surface area contributed by atoms with Crippen molar-refractivity contribution >= 4 is 0 Å². The minimum atomic E-state index is -0.873. The summed E-state index contributed by atoms with van der Waals surface area (Å²) in [6, 6.07) is 3.12. The number of hydrogen-bond donors (Lipinski definition) is 2. The lowest BCUT2D eigenvalue weighted by Crippen LogP contribution is -2.42. The van der Waals surface area contributed by atoms with E-state index in [2.05, 4.69) is 4.90 Å². The molecule has 3 unspecified atom stereocenters. The molecule has 1 heterocycles. The Morgan fingerprint density at radius 3 is 2.55 bits per heavy atom. The molecular formula is C15H21F2NO2. The van der Waals surface area contributed by atoms with Gasteiger partial charge in [0.15, 0.2) is 0 Å². The van der Waals surface area contributed by atoms with E-state index >= 15 is 0 Å². The fourth-order valence-electron chi connectivity index (χ4n) is 2.66. The normalized spacial score (nSPS) is 25.6. The zero-order valence-corrected chi connectivity index (χ0v) is 11.6. The number of likely N-dealkylation sites (tertiary alicyclic amines) is 1. The summed E-state index contributed by atoms with van der Waals surface area (Å²) < 4.78 is 26.2. The van der Waals surface area contributed by atoms with Crippen molar-refractivity contribution < 1.29 is 19.0 Å². The summed E-state index contributed by atoms with van der Waals surface area (Å²) in [6.07, 6.45) is 0.0215. The van der Waals surface area contributed by atoms with Gasteiger partial charge in [-0.15, -0.1) is 0 Å². The quantitative estimate of drug-likeness (QED) is 0.890. The van der Waals surface area contributed by atoms with Crippen molar-refractivity contribution in [2.45, 2.75) is 32.0 Å². The summed E-state index contributed by atoms with van der Waals surface area (Å²) in [5.74, 6) is -1.13. The summed E-state index contributed by atoms with van der Waals surface area (Å²) in [5.41, 5.74) is 0.271. The second-order valence-electron chi connectivity index (χ2n) is 5.64. The zero-order valence-electron chi connectivity index (χ0n) is 11.6. The third-order valence-electron chi connectivity index (χ3n) is 3.93. The van der Waals surface area contributed by atoms with Gasteiger partial charge in [-0.25, -0.2) is 8.78 Å². The molecule has 1 saturated heterocycles. The summed E-state index contributed by atoms with van der Waals surface area (Å²) in [4.78, 5) is 2.16. The molecule has 0 spiro atoms. The summed E-state index contributed by atoms with van der Waals surface area (Å²) >= 11 is 0. The number of benzene rings is 1. The van der Waals surface area contributed by atoms with Crippen molar-refractivity contribution in [1.82, 2.24) is 4.90 Å². The van der Waals surface area contributed by atoms with E-state index in [0.29, 0.717) is 13.0 Å². The minimum Gasteiger partial charge on any atom is -0.393 e. The third kappa shape index (κ3) is 3.98. The van der Waals surface area contributed by atoms with Crippen LogP contribution in [0.5, 0.6) is 0 Å². The van der Waals surface area contributed by atoms with Crippen LogP contribution in [0.15, 0.2) is 18.2 Å². The molecule has 1 aliphatic rings. The maximum atomic E-state index is 13.1. The van der Waals surface area contributed by atoms with E-state index in [1.54, 1.807) is 0 Å². The maximum absolute atomic E-state index is 13.1. The Hall–Kier alpha value is -1.04. The van der Waals surface area contributed by atoms with Crippen molar-refractivity contribution in [2.24, 2.45) is 5.92 Å². The molecule has 1 fully saturated rings. The van der Waals surface area contributed by atoms with Crippen LogP contribution < -0.4 is 0 Å². The Labute approximate surface area is 117 Å². The molecular weight excluding hydrogens is 264 g/mol. The molecule has 2 rings (SSSR count). The first-order valence-electron chi connectivity index (χ1n) is 7.00. The number of aliphatic hydroxyl groups excluding tert-OH is 2. The molecule has 3 atom stereocenters. The molecule has 0 aromatic heterocycles. The molecule has 112 valence electrons. The van der Waals surface area contributed by atoms with Gasteiger partial charge in [-0.1, -0.05) is 6.92 Å². The highest BCUT2D eigenvalue weighted by Gasteiger charge is 2.24. The molecule has 0 radical (unpaired) electrons. The minimum absolute atomic E-state index is 0.215. The molecule has 0 aliphatic carbocycles. The molecule has 0 bridgehead atoms. The first kappa shape index (κ1) is 15.4. The zero-order chi connectivity index (χ0) is 14.7. The maximum Gasteiger partial charge on any atom is 0.126 e. The van der Waals surface area contributed by atoms with Gasteiger partial charge in [0.2, 0.25) is 0 Å². The lowest BCUT2D eigenvalue weighted by molar-refractivity contribution is 0.0287. The lowest BCUT2D eigenvalue weighted by Gasteiger charge is -2.34. The van der Waals surface area contributed by atoms with E-state index < -0.39 is 17.7 Å². The first-order chi connectivity index (χ1) is 9.45. The molecule has 1 aromatic carbocycles. The van der Waals surface area contributed by atoms with Crippen LogP contribution in [0.3, 0.4) is 0 Å². The molecule has 3 nitrogen and oxygen atoms in total. The van der Waals surface area contributed by atoms with E-state index in [-0.39, 0.29) is 17.6 Å². The summed E-state index contributed by atoms with van der Waals surface area (Å²) in [7, 11) is 0. The second-order valence-corrected chi connectivity index (χ2v) is 5.64. The van der Waals surface area contributed by atoms with Crippen LogP contribution in [-0.2, 0) is 0 Å². The molecule has 0 saturated carbocycles. The second kappa shape index (κ2) is 6.61. The van der Waals surface area contributed by atoms with E-state index in [1.807, 2.05) is 6.92 Å². The molecule has 0 amide bonds. The van der Waals surface area contributed by atoms with Gasteiger partial charge in [0, 0.05) is 25.7 Å². The molecule has 20 heavy (non-hydrogen) atoms. The van der Waals surface area contributed by atoms with Crippen molar-refractivity contribution in [3.63, 3.8) is 0 Å². The molecule has 5 heteroatoms. The van der Waals surface area contributed by atoms with Crippen molar-refractivity contribution in [1.29, 1.82) is 0 Å². The van der Waals surface area contributed by atoms with Gasteiger partial charge >= 0.3 is 0 Å². The molecule has 2 N–H and O–H groups in total. The van der Waals surface area contributed by atoms with Crippen molar-refractivity contribution in [3.8, 4) is 0 Å². The topological polar surface area (TPSA) is 43.7 Å². The van der Waals surface area contributed by atoms with Crippen LogP contribution in [-0.4, -0.2) is 40.9 Å². The average molecular weight is 285 g/mol. The Morgan fingerprint density at radius 1 is 1.30 bits per heavy atom. The SMILES string of the molecule is CC1CN(CCC(O)c2cc(F)cc(F)c2)CCC1O. The van der Waals surface area contributed by atoms with Gasteiger partial charge < -0.3 is 15.1 Å². The lowest BCUT2D eigenvalue weighted by atomic mass is 9.96. The van der Waals surface area contributed by atoms with E-state index in [1.165, 1.54) is 0 Å². The Kier molecular flexibility index (Phi) is 5.07. The predicted octanol–water partition coefficient (Wildman–Crippen LogP) is 2.09. The number of piperidine rings is 1. The van der Waals surface area contributed by atoms with Crippen LogP contribution >= 0.6 is 0 Å². The number of nitrogens with zero attached hydrogens (tertiary/aromatic N) is 1. The standard InChI is InChI=1S/C15H21F2NO2/c1-10-9-18(4-2-14(10)19)5-3-15(20)11-6-12(16)8-13(17)7-11/h6-8,10,14-15,19-20H,2-5,9H2,1H3. The highest BCUT2D eigenvalue weighted by atomic mass is 19.1. The van der Waals surface area contributed by atoms with Crippen molar-refractivity contribution in [3.05, 3.63) is 35.4 Å². The van der Waals surface area contributed by atoms with Crippen LogP contribution in [0.1, 0.15) is 31.4 Å². The Morgan fingerprint density at radius 2 is 1.95 bits per heavy atom. The van der Waals surface area contributed by atoms with Gasteiger partial charge in [-0.2, -0.15) is 0 Å². The largest absolute Gasteiger partial charge is 0.393 e. The Bertz CT molecular complexity index is 435. The van der Waals surface area contributed by atoms with Crippen LogP contribution in [0.25, 0.3) is 0 Å². The fraction of sp³-hybridized carbons (Fsp3) is 0.600. The number of hydrogen-bond acceptors (Lipinski definition) is 3. The first-order valence-corrected chi connectivity index (χ1v) is 7.00.